The quantitative estimate of drug-likeness (QED) is 0.314. The Morgan fingerprint density at radius 3 is 2.21 bits per heavy atom. The molecule has 0 unspecified atom stereocenters. The van der Waals surface area contributed by atoms with E-state index in [4.69, 9.17) is 4.74 Å². The summed E-state index contributed by atoms with van der Waals surface area (Å²) in [6.45, 7) is 1.74. The van der Waals surface area contributed by atoms with Crippen molar-refractivity contribution in [2.24, 2.45) is 10.8 Å². The summed E-state index contributed by atoms with van der Waals surface area (Å²) >= 11 is 0. The van der Waals surface area contributed by atoms with Crippen molar-refractivity contribution >= 4 is 11.9 Å². The van der Waals surface area contributed by atoms with Crippen molar-refractivity contribution in [2.45, 2.75) is 56.7 Å². The molecular formula is C30H34F4N2O3. The molecular weight excluding hydrogens is 512 g/mol. The zero-order valence-corrected chi connectivity index (χ0v) is 22.1. The number of halogens is 4. The van der Waals surface area contributed by atoms with Gasteiger partial charge in [0.15, 0.2) is 0 Å². The van der Waals surface area contributed by atoms with Gasteiger partial charge in [-0.25, -0.2) is 4.39 Å². The third-order valence-corrected chi connectivity index (χ3v) is 8.80. The van der Waals surface area contributed by atoms with Gasteiger partial charge in [-0.1, -0.05) is 42.5 Å². The maximum Gasteiger partial charge on any atom is 0.471 e. The van der Waals surface area contributed by atoms with Crippen LogP contribution in [0.25, 0.3) is 0 Å². The number of piperidine rings is 1. The first-order valence-corrected chi connectivity index (χ1v) is 13.5. The highest BCUT2D eigenvalue weighted by atomic mass is 19.4. The SMILES string of the molecule is COC(=O)C1(CN2CCC(Cc3ccc(F)cc3)(CN(C(=O)C(F)(F)F)[C@@H]3C[C@@H]3c3ccccc3)CC2)CC1. The number of hydrogen-bond acceptors (Lipinski definition) is 4. The highest BCUT2D eigenvalue weighted by Gasteiger charge is 2.55. The normalized spacial score (nSPS) is 23.6. The van der Waals surface area contributed by atoms with Gasteiger partial charge in [-0.3, -0.25) is 9.59 Å². The number of esters is 1. The van der Waals surface area contributed by atoms with Gasteiger partial charge in [0.1, 0.15) is 5.82 Å². The standard InChI is InChI=1S/C30H34F4N2O3/c1-39-27(38)29(11-12-29)20-35-15-13-28(14-16-35,18-21-7-9-23(31)10-8-21)19-36(26(37)30(32,33)34)25-17-24(25)22-5-3-2-4-6-22/h2-10,24-25H,11-20H2,1H3/t24-,25-/m1/s1. The number of carbonyl (C=O) groups is 2. The molecule has 0 aromatic heterocycles. The Morgan fingerprint density at radius 1 is 1.00 bits per heavy atom. The fraction of sp³-hybridized carbons (Fsp3) is 0.533. The summed E-state index contributed by atoms with van der Waals surface area (Å²) in [5.41, 5.74) is 0.664. The summed E-state index contributed by atoms with van der Waals surface area (Å²) in [6.07, 6.45) is -1.38. The summed E-state index contributed by atoms with van der Waals surface area (Å²) in [6, 6.07) is 14.9. The zero-order valence-electron chi connectivity index (χ0n) is 22.1. The first-order chi connectivity index (χ1) is 18.5. The molecule has 1 amide bonds. The van der Waals surface area contributed by atoms with Crippen molar-refractivity contribution in [3.63, 3.8) is 0 Å². The Hall–Kier alpha value is -2.94. The number of methoxy groups -OCH3 is 1. The monoisotopic (exact) mass is 546 g/mol. The molecule has 2 aromatic rings. The van der Waals surface area contributed by atoms with Crippen LogP contribution in [0.3, 0.4) is 0 Å². The number of carbonyl (C=O) groups excluding carboxylic acids is 2. The van der Waals surface area contributed by atoms with Crippen LogP contribution < -0.4 is 0 Å². The minimum Gasteiger partial charge on any atom is -0.469 e. The lowest BCUT2D eigenvalue weighted by Crippen LogP contribution is -2.53. The number of ether oxygens (including phenoxy) is 1. The van der Waals surface area contributed by atoms with Crippen LogP contribution in [-0.4, -0.2) is 67.2 Å². The van der Waals surface area contributed by atoms with E-state index in [0.29, 0.717) is 45.3 Å². The molecule has 0 spiro atoms. The van der Waals surface area contributed by atoms with Crippen molar-refractivity contribution in [3.8, 4) is 0 Å². The Morgan fingerprint density at radius 2 is 1.64 bits per heavy atom. The number of benzene rings is 2. The van der Waals surface area contributed by atoms with E-state index in [0.717, 1.165) is 28.9 Å². The maximum atomic E-state index is 13.8. The Labute approximate surface area is 226 Å². The van der Waals surface area contributed by atoms with E-state index in [1.807, 2.05) is 30.3 Å². The first-order valence-electron chi connectivity index (χ1n) is 13.5. The number of rotatable bonds is 9. The van der Waals surface area contributed by atoms with Crippen LogP contribution in [-0.2, 0) is 20.7 Å². The molecule has 39 heavy (non-hydrogen) atoms. The predicted molar refractivity (Wildman–Crippen MR) is 137 cm³/mol. The first kappa shape index (κ1) is 27.6. The molecule has 0 bridgehead atoms. The van der Waals surface area contributed by atoms with Gasteiger partial charge in [0.25, 0.3) is 0 Å². The highest BCUT2D eigenvalue weighted by Crippen LogP contribution is 2.50. The van der Waals surface area contributed by atoms with Gasteiger partial charge < -0.3 is 14.5 Å². The lowest BCUT2D eigenvalue weighted by atomic mass is 9.73. The molecule has 2 aliphatic carbocycles. The molecule has 3 fully saturated rings. The van der Waals surface area contributed by atoms with E-state index in [2.05, 4.69) is 4.90 Å². The number of amides is 1. The van der Waals surface area contributed by atoms with Gasteiger partial charge in [-0.15, -0.1) is 0 Å². The van der Waals surface area contributed by atoms with E-state index in [1.54, 1.807) is 12.1 Å². The second-order valence-corrected chi connectivity index (χ2v) is 11.6. The Balaban J connectivity index is 1.38. The van der Waals surface area contributed by atoms with Crippen LogP contribution in [0.4, 0.5) is 17.6 Å². The largest absolute Gasteiger partial charge is 0.471 e. The molecule has 1 saturated heterocycles. The number of hydrogen-bond donors (Lipinski definition) is 0. The van der Waals surface area contributed by atoms with Gasteiger partial charge in [-0.05, 0) is 80.3 Å². The van der Waals surface area contributed by atoms with E-state index < -0.39 is 29.0 Å². The number of alkyl halides is 3. The lowest BCUT2D eigenvalue weighted by molar-refractivity contribution is -0.188. The molecule has 210 valence electrons. The van der Waals surface area contributed by atoms with E-state index in [1.165, 1.54) is 19.2 Å². The molecule has 2 aromatic carbocycles. The van der Waals surface area contributed by atoms with Crippen LogP contribution in [0, 0.1) is 16.6 Å². The third kappa shape index (κ3) is 6.13. The van der Waals surface area contributed by atoms with E-state index in [-0.39, 0.29) is 24.2 Å². The number of likely N-dealkylation sites (tertiary alicyclic amines) is 1. The molecule has 5 nitrogen and oxygen atoms in total. The van der Waals surface area contributed by atoms with Crippen molar-refractivity contribution in [3.05, 3.63) is 71.5 Å². The maximum absolute atomic E-state index is 13.8. The molecule has 9 heteroatoms. The predicted octanol–water partition coefficient (Wildman–Crippen LogP) is 5.35. The summed E-state index contributed by atoms with van der Waals surface area (Å²) in [4.78, 5) is 28.3. The molecule has 1 aliphatic heterocycles. The van der Waals surface area contributed by atoms with Crippen molar-refractivity contribution < 1.29 is 31.9 Å². The van der Waals surface area contributed by atoms with Gasteiger partial charge in [0.05, 0.1) is 12.5 Å². The van der Waals surface area contributed by atoms with Crippen LogP contribution in [0.2, 0.25) is 0 Å². The summed E-state index contributed by atoms with van der Waals surface area (Å²) < 4.78 is 60.1. The Bertz CT molecular complexity index is 1170. The topological polar surface area (TPSA) is 49.9 Å². The van der Waals surface area contributed by atoms with E-state index >= 15 is 0 Å². The fourth-order valence-electron chi connectivity index (χ4n) is 6.28. The molecule has 2 saturated carbocycles. The van der Waals surface area contributed by atoms with Crippen molar-refractivity contribution in [1.82, 2.24) is 9.80 Å². The summed E-state index contributed by atoms with van der Waals surface area (Å²) in [5, 5.41) is 0. The van der Waals surface area contributed by atoms with Crippen molar-refractivity contribution in [1.29, 1.82) is 0 Å². The minimum absolute atomic E-state index is 0.0211. The second kappa shape index (κ2) is 10.6. The lowest BCUT2D eigenvalue weighted by Gasteiger charge is -2.45. The second-order valence-electron chi connectivity index (χ2n) is 11.6. The molecule has 1 heterocycles. The van der Waals surface area contributed by atoms with Crippen molar-refractivity contribution in [2.75, 3.05) is 33.3 Å². The van der Waals surface area contributed by atoms with Crippen LogP contribution in [0.15, 0.2) is 54.6 Å². The summed E-state index contributed by atoms with van der Waals surface area (Å²) in [5.74, 6) is -2.52. The zero-order chi connectivity index (χ0) is 27.8. The smallest absolute Gasteiger partial charge is 0.469 e. The highest BCUT2D eigenvalue weighted by molar-refractivity contribution is 5.83. The Kier molecular flexibility index (Phi) is 7.48. The van der Waals surface area contributed by atoms with E-state index in [9.17, 15) is 27.2 Å². The van der Waals surface area contributed by atoms with Gasteiger partial charge in [0.2, 0.25) is 0 Å². The average molecular weight is 547 g/mol. The van der Waals surface area contributed by atoms with Crippen LogP contribution in [0.1, 0.15) is 49.1 Å². The van der Waals surface area contributed by atoms with Crippen LogP contribution in [0.5, 0.6) is 0 Å². The van der Waals surface area contributed by atoms with Gasteiger partial charge >= 0.3 is 18.1 Å². The average Bonchev–Trinajstić information content (AvgIpc) is 3.85. The number of nitrogens with zero attached hydrogens (tertiary/aromatic N) is 2. The molecule has 0 radical (unpaired) electrons. The fourth-order valence-corrected chi connectivity index (χ4v) is 6.28. The van der Waals surface area contributed by atoms with Crippen LogP contribution >= 0.6 is 0 Å². The summed E-state index contributed by atoms with van der Waals surface area (Å²) in [7, 11) is 1.39. The minimum atomic E-state index is -4.97. The third-order valence-electron chi connectivity index (χ3n) is 8.80. The van der Waals surface area contributed by atoms with Gasteiger partial charge in [-0.2, -0.15) is 13.2 Å². The molecule has 3 aliphatic rings. The molecule has 0 N–H and O–H groups in total. The molecule has 5 rings (SSSR count). The van der Waals surface area contributed by atoms with Gasteiger partial charge in [0, 0.05) is 25.0 Å². The molecule has 2 atom stereocenters.